The van der Waals surface area contributed by atoms with Gasteiger partial charge in [0, 0.05) is 14.7 Å². The number of rotatable bonds is 17. The number of fused-ring (bicyclic) bond motifs is 1. The van der Waals surface area contributed by atoms with Crippen molar-refractivity contribution in [1.29, 1.82) is 0 Å². The Morgan fingerprint density at radius 2 is 1.97 bits per heavy atom. The van der Waals surface area contributed by atoms with Gasteiger partial charge in [0.15, 0.2) is 6.61 Å². The van der Waals surface area contributed by atoms with Gasteiger partial charge in [0.2, 0.25) is 0 Å². The van der Waals surface area contributed by atoms with Crippen LogP contribution in [0.3, 0.4) is 0 Å². The lowest BCUT2D eigenvalue weighted by molar-refractivity contribution is -0.142. The van der Waals surface area contributed by atoms with Crippen LogP contribution in [0.5, 0.6) is 0 Å². The second kappa shape index (κ2) is 18.5. The third-order valence-corrected chi connectivity index (χ3v) is 9.93. The fourth-order valence-electron chi connectivity index (χ4n) is 3.87. The first-order valence-electron chi connectivity index (χ1n) is 13.6. The fraction of sp³-hybridized carbons (Fsp3) is 0.552. The number of hydrogen-bond acceptors (Lipinski definition) is 8. The Bertz CT molecular complexity index is 1020. The Hall–Kier alpha value is -1.80. The maximum absolute atomic E-state index is 12.7. The second-order valence-electron chi connectivity index (χ2n) is 9.36. The van der Waals surface area contributed by atoms with E-state index in [1.54, 1.807) is 11.8 Å². The first-order chi connectivity index (χ1) is 18.9. The van der Waals surface area contributed by atoms with Crippen LogP contribution in [0.15, 0.2) is 61.8 Å². The van der Waals surface area contributed by atoms with Crippen LogP contribution in [0.1, 0.15) is 72.1 Å². The van der Waals surface area contributed by atoms with Crippen LogP contribution in [-0.4, -0.2) is 53.5 Å². The number of thioether (sulfide) groups is 2. The van der Waals surface area contributed by atoms with Crippen LogP contribution in [0, 0.1) is 0 Å². The van der Waals surface area contributed by atoms with Crippen molar-refractivity contribution in [2.45, 2.75) is 92.5 Å². The number of esters is 1. The Labute approximate surface area is 244 Å². The minimum absolute atomic E-state index is 0.00293. The van der Waals surface area contributed by atoms with Crippen molar-refractivity contribution in [2.24, 2.45) is 5.16 Å². The molecule has 1 aliphatic heterocycles. The minimum atomic E-state index is -0.361. The molecule has 1 amide bonds. The zero-order valence-electron chi connectivity index (χ0n) is 23.3. The van der Waals surface area contributed by atoms with Gasteiger partial charge >= 0.3 is 5.97 Å². The molecule has 10 heteroatoms. The highest BCUT2D eigenvalue weighted by atomic mass is 32.2. The molecule has 216 valence electrons. The molecule has 7 nitrogen and oxygen atoms in total. The van der Waals surface area contributed by atoms with Gasteiger partial charge in [0.1, 0.15) is 0 Å². The van der Waals surface area contributed by atoms with Crippen molar-refractivity contribution in [2.75, 3.05) is 19.8 Å². The molecular weight excluding hydrogens is 551 g/mol. The van der Waals surface area contributed by atoms with Crippen LogP contribution in [0.25, 0.3) is 0 Å². The number of hydrogen-bond donors (Lipinski definition) is 2. The molecule has 1 aromatic rings. The summed E-state index contributed by atoms with van der Waals surface area (Å²) in [5, 5.41) is 16.6. The molecule has 0 saturated carbocycles. The van der Waals surface area contributed by atoms with Gasteiger partial charge in [-0.3, -0.25) is 9.59 Å². The van der Waals surface area contributed by atoms with Crippen molar-refractivity contribution in [3.8, 4) is 0 Å². The molecule has 1 aliphatic rings. The summed E-state index contributed by atoms with van der Waals surface area (Å²) >= 11 is 3.07. The van der Waals surface area contributed by atoms with E-state index < -0.39 is 0 Å². The van der Waals surface area contributed by atoms with Crippen LogP contribution >= 0.6 is 32.8 Å². The summed E-state index contributed by atoms with van der Waals surface area (Å²) < 4.78 is 5.48. The summed E-state index contributed by atoms with van der Waals surface area (Å²) in [7, 11) is 2.76. The summed E-state index contributed by atoms with van der Waals surface area (Å²) in [6.07, 6.45) is 12.0. The van der Waals surface area contributed by atoms with Crippen molar-refractivity contribution in [3.63, 3.8) is 0 Å². The summed E-state index contributed by atoms with van der Waals surface area (Å²) in [4.78, 5) is 33.5. The fourth-order valence-corrected chi connectivity index (χ4v) is 6.78. The average molecular weight is 595 g/mol. The summed E-state index contributed by atoms with van der Waals surface area (Å²) in [5.41, 5.74) is 0.609. The highest BCUT2D eigenvalue weighted by molar-refractivity contribution is 8.08. The van der Waals surface area contributed by atoms with Crippen LogP contribution in [0.2, 0.25) is 0 Å². The summed E-state index contributed by atoms with van der Waals surface area (Å²) in [5.74, 6) is -0.614. The highest BCUT2D eigenvalue weighted by Crippen LogP contribution is 2.48. The molecule has 0 fully saturated rings. The Morgan fingerprint density at radius 3 is 2.67 bits per heavy atom. The van der Waals surface area contributed by atoms with Crippen LogP contribution < -0.4 is 5.32 Å². The Morgan fingerprint density at radius 1 is 1.21 bits per heavy atom. The molecule has 2 N–H and O–H groups in total. The van der Waals surface area contributed by atoms with Crippen LogP contribution in [0.4, 0.5) is 0 Å². The van der Waals surface area contributed by atoms with Crippen molar-refractivity contribution >= 4 is 50.9 Å². The van der Waals surface area contributed by atoms with Gasteiger partial charge in [0.05, 0.1) is 36.4 Å². The summed E-state index contributed by atoms with van der Waals surface area (Å²) in [6.45, 7) is 6.18. The number of nitrogens with one attached hydrogen (secondary N) is 1. The largest absolute Gasteiger partial charge is 0.465 e. The molecule has 0 aliphatic carbocycles. The van der Waals surface area contributed by atoms with Gasteiger partial charge in [-0.05, 0) is 56.7 Å². The second-order valence-corrected chi connectivity index (χ2v) is 12.8. The lowest BCUT2D eigenvalue weighted by Gasteiger charge is -2.29. The quantitative estimate of drug-likeness (QED) is 0.0533. The molecule has 39 heavy (non-hydrogen) atoms. The van der Waals surface area contributed by atoms with E-state index in [1.165, 1.54) is 18.0 Å². The molecule has 0 saturated heterocycles. The number of oxime groups is 1. The van der Waals surface area contributed by atoms with E-state index in [0.717, 1.165) is 59.6 Å². The average Bonchev–Trinajstić information content (AvgIpc) is 2.94. The maximum atomic E-state index is 12.7. The van der Waals surface area contributed by atoms with E-state index in [1.807, 2.05) is 44.2 Å². The van der Waals surface area contributed by atoms with Gasteiger partial charge in [-0.1, -0.05) is 67.9 Å². The normalized spacial score (nSPS) is 18.0. The minimum Gasteiger partial charge on any atom is -0.465 e. The number of aliphatic hydroxyl groups excluding tert-OH is 1. The predicted octanol–water partition coefficient (Wildman–Crippen LogP) is 6.47. The number of carbonyl (C=O) groups is 2. The smallest absolute Gasteiger partial charge is 0.310 e. The predicted molar refractivity (Wildman–Crippen MR) is 165 cm³/mol. The molecule has 1 heterocycles. The first kappa shape index (κ1) is 33.4. The summed E-state index contributed by atoms with van der Waals surface area (Å²) in [6, 6.07) is 7.96. The number of carbonyl (C=O) groups excluding carboxylic acids is 2. The van der Waals surface area contributed by atoms with Crippen LogP contribution in [-0.2, 0) is 19.2 Å². The zero-order chi connectivity index (χ0) is 28.5. The molecule has 3 atom stereocenters. The molecule has 3 unspecified atom stereocenters. The van der Waals surface area contributed by atoms with Crippen molar-refractivity contribution < 1.29 is 24.3 Å². The van der Waals surface area contributed by atoms with E-state index >= 15 is 0 Å². The monoisotopic (exact) mass is 594 g/mol. The number of aliphatic hydroxyl groups is 1. The molecule has 0 spiro atoms. The standard InChI is InChI=1S/C29H43N2O5PS2/c1-4-7-9-10-13-17-35-27(34)18-22(28-25(20-32)38-23-14-11-12-15-24(23)39-28)19-30-36-21-26(33)31-29(37,6-3)16-8-5-2/h4,7,11-12,14-15,19,25,32H,5-6,8-10,13,16-18,20-21,37H2,1-3H3,(H,31,33)/b7-4-,28-22-,30-19+. The van der Waals surface area contributed by atoms with Gasteiger partial charge in [-0.25, -0.2) is 0 Å². The van der Waals surface area contributed by atoms with E-state index in [9.17, 15) is 14.7 Å². The van der Waals surface area contributed by atoms with Gasteiger partial charge in [-0.2, -0.15) is 0 Å². The third-order valence-electron chi connectivity index (χ3n) is 6.19. The van der Waals surface area contributed by atoms with Gasteiger partial charge in [0.25, 0.3) is 5.91 Å². The maximum Gasteiger partial charge on any atom is 0.310 e. The molecule has 0 radical (unpaired) electrons. The van der Waals surface area contributed by atoms with E-state index in [0.29, 0.717) is 12.2 Å². The number of ether oxygens (including phenoxy) is 1. The number of amides is 1. The van der Waals surface area contributed by atoms with E-state index in [-0.39, 0.29) is 42.0 Å². The molecule has 0 bridgehead atoms. The van der Waals surface area contributed by atoms with E-state index in [4.69, 9.17) is 9.57 Å². The van der Waals surface area contributed by atoms with Gasteiger partial charge < -0.3 is 20.0 Å². The lowest BCUT2D eigenvalue weighted by atomic mass is 10.1. The molecule has 1 aromatic carbocycles. The lowest BCUT2D eigenvalue weighted by Crippen LogP contribution is -2.44. The van der Waals surface area contributed by atoms with E-state index in [2.05, 4.69) is 32.7 Å². The van der Waals surface area contributed by atoms with Gasteiger partial charge in [-0.15, -0.1) is 21.0 Å². The molecule has 0 aromatic heterocycles. The number of allylic oxidation sites excluding steroid dienone is 2. The Kier molecular flexibility index (Phi) is 15.9. The Balaban J connectivity index is 2.11. The number of unbranched alkanes of at least 4 members (excludes halogenated alkanes) is 3. The molecule has 2 rings (SSSR count). The molecular formula is C29H43N2O5PS2. The number of benzene rings is 1. The van der Waals surface area contributed by atoms with Crippen molar-refractivity contribution in [1.82, 2.24) is 5.32 Å². The topological polar surface area (TPSA) is 97.2 Å². The first-order valence-corrected chi connectivity index (χ1v) is 15.9. The number of nitrogens with zero attached hydrogens (tertiary/aromatic N) is 1. The van der Waals surface area contributed by atoms with Crippen molar-refractivity contribution in [3.05, 3.63) is 46.9 Å². The highest BCUT2D eigenvalue weighted by Gasteiger charge is 2.28. The third kappa shape index (κ3) is 12.1. The SMILES string of the molecule is C/C=C\CCCCOC(=O)CC(/C=N/OCC(=O)NC(P)(CC)CCCC)=C1/Sc2ccccc2SC1CO. The zero-order valence-corrected chi connectivity index (χ0v) is 26.1.